The van der Waals surface area contributed by atoms with Crippen molar-refractivity contribution in [1.82, 2.24) is 5.32 Å². The Bertz CT molecular complexity index is 1550. The Balaban J connectivity index is 1.45. The molecule has 0 fully saturated rings. The third-order valence-corrected chi connectivity index (χ3v) is 8.54. The first-order valence-corrected chi connectivity index (χ1v) is 13.8. The van der Waals surface area contributed by atoms with Crippen LogP contribution in [0.1, 0.15) is 24.8 Å². The van der Waals surface area contributed by atoms with Crippen LogP contribution in [0.5, 0.6) is 0 Å². The number of aromatic nitrogens is 1. The number of nitrogens with one attached hydrogen (secondary N) is 1. The normalized spacial score (nSPS) is 16.9. The van der Waals surface area contributed by atoms with E-state index in [1.54, 1.807) is 19.1 Å². The topological polar surface area (TPSA) is 114 Å². The lowest BCUT2D eigenvalue weighted by molar-refractivity contribution is -0.667. The second-order valence-corrected chi connectivity index (χ2v) is 10.9. The molecule has 0 atom stereocenters. The van der Waals surface area contributed by atoms with E-state index < -0.39 is 5.97 Å². The number of ketones is 1. The fourth-order valence-electron chi connectivity index (χ4n) is 4.36. The maximum Gasteiger partial charge on any atom is 0.309 e. The van der Waals surface area contributed by atoms with Crippen LogP contribution in [0.3, 0.4) is 0 Å². The van der Waals surface area contributed by atoms with E-state index in [1.165, 1.54) is 23.1 Å². The number of nitrogens with zero attached hydrogens (tertiary/aromatic N) is 2. The van der Waals surface area contributed by atoms with E-state index >= 15 is 0 Å². The zero-order valence-corrected chi connectivity index (χ0v) is 22.2. The Morgan fingerprint density at radius 1 is 1.13 bits per heavy atom. The van der Waals surface area contributed by atoms with E-state index in [2.05, 4.69) is 5.32 Å². The number of benzene rings is 2. The molecule has 2 heterocycles. The van der Waals surface area contributed by atoms with Crippen molar-refractivity contribution >= 4 is 62.7 Å². The second-order valence-electron chi connectivity index (χ2n) is 8.74. The Morgan fingerprint density at radius 2 is 1.89 bits per heavy atom. The van der Waals surface area contributed by atoms with E-state index in [-0.39, 0.29) is 41.6 Å². The summed E-state index contributed by atoms with van der Waals surface area (Å²) in [6.45, 7) is 2.97. The number of fused-ring (bicyclic) bond motifs is 2. The van der Waals surface area contributed by atoms with Gasteiger partial charge in [0.2, 0.25) is 11.4 Å². The zero-order chi connectivity index (χ0) is 26.8. The fourth-order valence-corrected chi connectivity index (χ4v) is 6.63. The van der Waals surface area contributed by atoms with Gasteiger partial charge in [-0.1, -0.05) is 60.0 Å². The van der Waals surface area contributed by atoms with Crippen LogP contribution < -0.4 is 19.9 Å². The smallest absolute Gasteiger partial charge is 0.309 e. The number of amides is 1. The summed E-state index contributed by atoms with van der Waals surface area (Å²) in [5, 5.41) is 26.6. The van der Waals surface area contributed by atoms with E-state index in [1.807, 2.05) is 58.0 Å². The number of aryl methyl sites for hydroxylation is 1. The molecule has 0 saturated carbocycles. The Kier molecular flexibility index (Phi) is 7.35. The largest absolute Gasteiger partial charge is 0.871 e. The summed E-state index contributed by atoms with van der Waals surface area (Å²) in [4.78, 5) is 39.0. The van der Waals surface area contributed by atoms with Gasteiger partial charge in [-0.15, -0.1) is 0 Å². The highest BCUT2D eigenvalue weighted by Crippen LogP contribution is 2.47. The van der Waals surface area contributed by atoms with Gasteiger partial charge in [0.05, 0.1) is 10.7 Å². The van der Waals surface area contributed by atoms with E-state index in [9.17, 15) is 24.6 Å². The maximum atomic E-state index is 13.1. The minimum atomic E-state index is -0.918. The maximum absolute atomic E-state index is 13.1. The molecule has 3 aromatic rings. The third kappa shape index (κ3) is 4.97. The lowest BCUT2D eigenvalue weighted by Crippen LogP contribution is -2.37. The van der Waals surface area contributed by atoms with E-state index in [4.69, 9.17) is 0 Å². The molecule has 0 radical (unpaired) electrons. The highest BCUT2D eigenvalue weighted by Gasteiger charge is 2.31. The Labute approximate surface area is 227 Å². The Morgan fingerprint density at radius 3 is 2.66 bits per heavy atom. The zero-order valence-electron chi connectivity index (χ0n) is 20.6. The lowest BCUT2D eigenvalue weighted by Gasteiger charge is -2.29. The molecule has 1 aliphatic heterocycles. The number of thiazole rings is 1. The summed E-state index contributed by atoms with van der Waals surface area (Å²) >= 11 is 2.90. The van der Waals surface area contributed by atoms with Crippen LogP contribution in [0.25, 0.3) is 16.3 Å². The third-order valence-electron chi connectivity index (χ3n) is 6.32. The predicted octanol–water partition coefficient (Wildman–Crippen LogP) is 3.22. The van der Waals surface area contributed by atoms with Crippen molar-refractivity contribution in [3.05, 3.63) is 81.5 Å². The van der Waals surface area contributed by atoms with Crippen LogP contribution in [-0.4, -0.2) is 35.9 Å². The predicted molar refractivity (Wildman–Crippen MR) is 145 cm³/mol. The van der Waals surface area contributed by atoms with Gasteiger partial charge < -0.3 is 20.4 Å². The van der Waals surface area contributed by atoms with Gasteiger partial charge in [-0.3, -0.25) is 14.4 Å². The monoisotopic (exact) mass is 547 g/mol. The molecule has 0 saturated heterocycles. The molecule has 1 amide bonds. The second kappa shape index (κ2) is 10.8. The number of allylic oxidation sites excluding steroid dienone is 3. The summed E-state index contributed by atoms with van der Waals surface area (Å²) in [7, 11) is 0. The summed E-state index contributed by atoms with van der Waals surface area (Å²) in [5.41, 5.74) is 2.04. The number of carboxylic acids is 1. The molecule has 2 N–H and O–H groups in total. The molecular weight excluding hydrogens is 522 g/mol. The van der Waals surface area contributed by atoms with Crippen molar-refractivity contribution < 1.29 is 29.2 Å². The number of rotatable bonds is 9. The van der Waals surface area contributed by atoms with Crippen LogP contribution in [0.4, 0.5) is 5.69 Å². The molecule has 2 aromatic carbocycles. The quantitative estimate of drug-likeness (QED) is 0.312. The van der Waals surface area contributed by atoms with Crippen LogP contribution in [-0.2, 0) is 20.9 Å². The van der Waals surface area contributed by atoms with Gasteiger partial charge >= 0.3 is 5.97 Å². The van der Waals surface area contributed by atoms with Crippen molar-refractivity contribution in [3.8, 4) is 0 Å². The lowest BCUT2D eigenvalue weighted by atomic mass is 9.88. The van der Waals surface area contributed by atoms with Gasteiger partial charge in [-0.25, -0.2) is 0 Å². The number of anilines is 1. The summed E-state index contributed by atoms with van der Waals surface area (Å²) in [5.74, 6) is -1.62. The molecule has 1 aromatic heterocycles. The SMILES string of the molecule is CCC(=O)NCCN1/C(=C/C2=C([O-])C(=C\c3sc4ccccc4[n+]3CCC(=O)O)/C2=O)Sc2ccccc21. The van der Waals surface area contributed by atoms with Crippen molar-refractivity contribution in [2.45, 2.75) is 31.2 Å². The van der Waals surface area contributed by atoms with E-state index in [0.29, 0.717) is 24.5 Å². The number of carbonyl (C=O) groups is 3. The number of carbonyl (C=O) groups excluding carboxylic acids is 2. The van der Waals surface area contributed by atoms with Crippen molar-refractivity contribution in [1.29, 1.82) is 0 Å². The minimum absolute atomic E-state index is 0.0361. The summed E-state index contributed by atoms with van der Waals surface area (Å²) < 4.78 is 2.79. The standard InChI is InChI=1S/C28H25N3O5S2/c1-2-23(32)29-12-14-31-20-8-4-6-10-22(20)38-25(31)16-18-27(35)17(28(18)36)15-24-30(13-11-26(33)34)19-7-3-5-9-21(19)37-24/h3-10,15-16H,2,11-14H2,1H3,(H2-,29,32,33,34,35,36). The first-order valence-electron chi connectivity index (χ1n) is 12.2. The molecule has 194 valence electrons. The highest BCUT2D eigenvalue weighted by atomic mass is 32.2. The molecule has 10 heteroatoms. The van der Waals surface area contributed by atoms with Crippen LogP contribution >= 0.6 is 23.1 Å². The fraction of sp³-hybridized carbons (Fsp3) is 0.214. The molecule has 38 heavy (non-hydrogen) atoms. The van der Waals surface area contributed by atoms with Gasteiger partial charge in [-0.05, 0) is 24.3 Å². The first kappa shape index (κ1) is 25.7. The van der Waals surface area contributed by atoms with Gasteiger partial charge in [-0.2, -0.15) is 4.57 Å². The van der Waals surface area contributed by atoms with Crippen molar-refractivity contribution in [3.63, 3.8) is 0 Å². The van der Waals surface area contributed by atoms with Gasteiger partial charge in [0.15, 0.2) is 12.3 Å². The number of carboxylic acid groups (broad SMARTS) is 1. The van der Waals surface area contributed by atoms with Crippen LogP contribution in [0, 0.1) is 0 Å². The number of thioether (sulfide) groups is 1. The number of para-hydroxylation sites is 2. The van der Waals surface area contributed by atoms with Gasteiger partial charge in [0.1, 0.15) is 11.1 Å². The average molecular weight is 548 g/mol. The number of hydrogen-bond donors (Lipinski definition) is 2. The average Bonchev–Trinajstić information content (AvgIpc) is 3.46. The van der Waals surface area contributed by atoms with Crippen molar-refractivity contribution in [2.75, 3.05) is 18.0 Å². The first-order chi connectivity index (χ1) is 18.4. The van der Waals surface area contributed by atoms with E-state index in [0.717, 1.165) is 25.8 Å². The molecule has 2 aliphatic rings. The summed E-state index contributed by atoms with van der Waals surface area (Å²) in [6, 6.07) is 15.4. The molecule has 8 nitrogen and oxygen atoms in total. The minimum Gasteiger partial charge on any atom is -0.871 e. The molecule has 0 spiro atoms. The molecule has 0 bridgehead atoms. The van der Waals surface area contributed by atoms with Gasteiger partial charge in [0.25, 0.3) is 5.01 Å². The highest BCUT2D eigenvalue weighted by molar-refractivity contribution is 8.03. The van der Waals surface area contributed by atoms with Crippen LogP contribution in [0.2, 0.25) is 0 Å². The molecule has 0 unspecified atom stereocenters. The van der Waals surface area contributed by atoms with Crippen LogP contribution in [0.15, 0.2) is 81.4 Å². The molecule has 5 rings (SSSR count). The molecular formula is C28H25N3O5S2. The Hall–Kier alpha value is -3.89. The summed E-state index contributed by atoms with van der Waals surface area (Å²) in [6.07, 6.45) is 3.55. The molecule has 1 aliphatic carbocycles. The number of aliphatic carboxylic acids is 1. The van der Waals surface area contributed by atoms with Gasteiger partial charge in [0, 0.05) is 47.7 Å². The number of Topliss-reactive ketones (excluding diaryl/α,β-unsaturated/α-hetero) is 1. The number of hydrogen-bond acceptors (Lipinski definition) is 7. The van der Waals surface area contributed by atoms with Crippen molar-refractivity contribution in [2.24, 2.45) is 0 Å².